The van der Waals surface area contributed by atoms with Crippen LogP contribution in [0.5, 0.6) is 6.01 Å². The summed E-state index contributed by atoms with van der Waals surface area (Å²) in [5, 5.41) is 11.7. The highest BCUT2D eigenvalue weighted by Gasteiger charge is 2.45. The zero-order valence-electron chi connectivity index (χ0n) is 26.9. The van der Waals surface area contributed by atoms with Crippen LogP contribution >= 0.6 is 11.6 Å². The molecule has 0 radical (unpaired) electrons. The van der Waals surface area contributed by atoms with Gasteiger partial charge in [0.05, 0.1) is 12.6 Å². The zero-order valence-corrected chi connectivity index (χ0v) is 27.7. The van der Waals surface area contributed by atoms with Gasteiger partial charge in [-0.2, -0.15) is 28.1 Å². The van der Waals surface area contributed by atoms with Crippen molar-refractivity contribution in [3.8, 4) is 6.01 Å². The molecule has 1 aromatic heterocycles. The van der Waals surface area contributed by atoms with Crippen LogP contribution in [0.25, 0.3) is 0 Å². The zero-order chi connectivity index (χ0) is 35.9. The van der Waals surface area contributed by atoms with Gasteiger partial charge in [0.25, 0.3) is 11.8 Å². The number of carbonyl (C=O) groups is 4. The second kappa shape index (κ2) is 15.7. The van der Waals surface area contributed by atoms with Crippen molar-refractivity contribution in [2.75, 3.05) is 30.9 Å². The number of Topliss-reactive ketones (excluding diaryl/α,β-unsaturated/α-hetero) is 1. The SMILES string of the molecule is COC(=O)[C@H](CCNC(=O)C(=O)CCC1CC1)NC(=O)c1ccc(Nc2nc(NC3(c4ccc(Cl)cc4)CC3)nc(OCC(F)(F)F)n2)cc1. The molecule has 13 nitrogen and oxygen atoms in total. The number of carbonyl (C=O) groups excluding carboxylic acids is 4. The lowest BCUT2D eigenvalue weighted by Gasteiger charge is -2.19. The van der Waals surface area contributed by atoms with E-state index in [4.69, 9.17) is 21.1 Å². The molecule has 2 fully saturated rings. The molecule has 2 amide bonds. The molecule has 3 aromatic rings. The molecule has 1 atom stereocenters. The van der Waals surface area contributed by atoms with Gasteiger partial charge in [0.2, 0.25) is 17.7 Å². The van der Waals surface area contributed by atoms with Gasteiger partial charge in [0.1, 0.15) is 6.04 Å². The van der Waals surface area contributed by atoms with Crippen molar-refractivity contribution in [2.24, 2.45) is 5.92 Å². The lowest BCUT2D eigenvalue weighted by Crippen LogP contribution is -2.44. The number of amides is 2. The molecule has 50 heavy (non-hydrogen) atoms. The lowest BCUT2D eigenvalue weighted by atomic mass is 10.1. The normalized spacial score (nSPS) is 15.3. The van der Waals surface area contributed by atoms with E-state index in [9.17, 15) is 32.3 Å². The van der Waals surface area contributed by atoms with Gasteiger partial charge in [-0.05, 0) is 73.6 Å². The minimum Gasteiger partial charge on any atom is -0.467 e. The number of nitrogens with one attached hydrogen (secondary N) is 4. The summed E-state index contributed by atoms with van der Waals surface area (Å²) in [5.74, 6) is -2.25. The van der Waals surface area contributed by atoms with E-state index < -0.39 is 53.9 Å². The Labute approximate surface area is 290 Å². The molecule has 266 valence electrons. The maximum atomic E-state index is 13.0. The summed E-state index contributed by atoms with van der Waals surface area (Å²) < 4.78 is 48.4. The first-order valence-corrected chi connectivity index (χ1v) is 16.3. The van der Waals surface area contributed by atoms with Crippen LogP contribution in [0.4, 0.5) is 30.8 Å². The van der Waals surface area contributed by atoms with Crippen LogP contribution in [0, 0.1) is 5.92 Å². The van der Waals surface area contributed by atoms with Gasteiger partial charge in [0, 0.05) is 29.2 Å². The second-order valence-electron chi connectivity index (χ2n) is 12.1. The fourth-order valence-electron chi connectivity index (χ4n) is 5.02. The molecule has 2 aliphatic carbocycles. The number of hydrogen-bond acceptors (Lipinski definition) is 11. The third-order valence-corrected chi connectivity index (χ3v) is 8.37. The summed E-state index contributed by atoms with van der Waals surface area (Å²) in [6, 6.07) is 11.4. The largest absolute Gasteiger partial charge is 0.467 e. The van der Waals surface area contributed by atoms with Gasteiger partial charge < -0.3 is 30.7 Å². The predicted molar refractivity (Wildman–Crippen MR) is 175 cm³/mol. The number of alkyl halides is 3. The molecule has 1 heterocycles. The summed E-state index contributed by atoms with van der Waals surface area (Å²) in [4.78, 5) is 61.8. The summed E-state index contributed by atoms with van der Waals surface area (Å²) in [6.07, 6.45) is -0.213. The van der Waals surface area contributed by atoms with Crippen molar-refractivity contribution in [3.05, 3.63) is 64.7 Å². The van der Waals surface area contributed by atoms with Crippen LogP contribution in [0.2, 0.25) is 5.02 Å². The van der Waals surface area contributed by atoms with E-state index in [0.717, 1.165) is 38.4 Å². The maximum Gasteiger partial charge on any atom is 0.422 e. The standard InChI is InChI=1S/C33H35ClF3N7O6/c1-49-28(48)24(14-17-38-27(47)25(45)13-4-19-2-3-19)40-26(46)20-5-11-23(12-6-20)39-29-41-30(43-31(42-29)50-18-33(35,36)37)44-32(15-16-32)21-7-9-22(34)10-8-21/h5-12,19,24H,2-4,13-18H2,1H3,(H,38,47)(H,40,46)(H2,39,41,42,43,44)/t24-/m0/s1. The summed E-state index contributed by atoms with van der Waals surface area (Å²) >= 11 is 6.02. The monoisotopic (exact) mass is 717 g/mol. The van der Waals surface area contributed by atoms with Gasteiger partial charge in [-0.15, -0.1) is 0 Å². The Morgan fingerprint density at radius 1 is 0.980 bits per heavy atom. The van der Waals surface area contributed by atoms with Crippen LogP contribution < -0.4 is 26.0 Å². The molecular formula is C33H35ClF3N7O6. The number of benzene rings is 2. The Kier molecular flexibility index (Phi) is 11.4. The fraction of sp³-hybridized carbons (Fsp3) is 0.424. The average Bonchev–Trinajstić information content (AvgIpc) is 4.03. The Balaban J connectivity index is 1.21. The predicted octanol–water partition coefficient (Wildman–Crippen LogP) is 4.85. The van der Waals surface area contributed by atoms with Crippen LogP contribution in [0.1, 0.15) is 60.9 Å². The highest BCUT2D eigenvalue weighted by molar-refractivity contribution is 6.36. The Hall–Kier alpha value is -4.99. The molecule has 0 unspecified atom stereocenters. The molecule has 0 spiro atoms. The van der Waals surface area contributed by atoms with Crippen molar-refractivity contribution in [1.82, 2.24) is 25.6 Å². The van der Waals surface area contributed by atoms with Crippen molar-refractivity contribution in [1.29, 1.82) is 0 Å². The second-order valence-corrected chi connectivity index (χ2v) is 12.5. The third-order valence-electron chi connectivity index (χ3n) is 8.12. The number of aromatic nitrogens is 3. The van der Waals surface area contributed by atoms with E-state index in [1.165, 1.54) is 24.3 Å². The number of methoxy groups -OCH3 is 1. The third kappa shape index (κ3) is 10.5. The first-order valence-electron chi connectivity index (χ1n) is 15.9. The molecular weight excluding hydrogens is 683 g/mol. The highest BCUT2D eigenvalue weighted by Crippen LogP contribution is 2.48. The molecule has 0 saturated heterocycles. The molecule has 0 bridgehead atoms. The Morgan fingerprint density at radius 2 is 1.66 bits per heavy atom. The smallest absolute Gasteiger partial charge is 0.422 e. The van der Waals surface area contributed by atoms with Crippen LogP contribution in [-0.2, 0) is 24.7 Å². The highest BCUT2D eigenvalue weighted by atomic mass is 35.5. The number of hydrogen-bond donors (Lipinski definition) is 4. The Morgan fingerprint density at radius 3 is 2.28 bits per heavy atom. The molecule has 2 saturated carbocycles. The number of rotatable bonds is 17. The Bertz CT molecular complexity index is 1700. The van der Waals surface area contributed by atoms with Crippen molar-refractivity contribution >= 4 is 52.8 Å². The number of nitrogens with zero attached hydrogens (tertiary/aromatic N) is 3. The van der Waals surface area contributed by atoms with Gasteiger partial charge in [-0.3, -0.25) is 14.4 Å². The molecule has 0 aliphatic heterocycles. The minimum absolute atomic E-state index is 0.0178. The number of ether oxygens (including phenoxy) is 2. The summed E-state index contributed by atoms with van der Waals surface area (Å²) in [5.41, 5.74) is 0.893. The van der Waals surface area contributed by atoms with E-state index in [-0.39, 0.29) is 36.8 Å². The van der Waals surface area contributed by atoms with Gasteiger partial charge in [0.15, 0.2) is 6.61 Å². The van der Waals surface area contributed by atoms with Gasteiger partial charge in [-0.1, -0.05) is 36.6 Å². The van der Waals surface area contributed by atoms with Gasteiger partial charge in [-0.25, -0.2) is 4.79 Å². The minimum atomic E-state index is -4.62. The topological polar surface area (TPSA) is 174 Å². The van der Waals surface area contributed by atoms with Gasteiger partial charge >= 0.3 is 18.2 Å². The quantitative estimate of drug-likeness (QED) is 0.111. The number of halogens is 4. The van der Waals surface area contributed by atoms with E-state index in [1.807, 2.05) is 12.1 Å². The fourth-order valence-corrected chi connectivity index (χ4v) is 5.15. The van der Waals surface area contributed by atoms with Crippen molar-refractivity contribution in [2.45, 2.75) is 62.7 Å². The molecule has 17 heteroatoms. The van der Waals surface area contributed by atoms with Crippen LogP contribution in [0.3, 0.4) is 0 Å². The number of esters is 1. The van der Waals surface area contributed by atoms with Crippen molar-refractivity contribution in [3.63, 3.8) is 0 Å². The van der Waals surface area contributed by atoms with Crippen molar-refractivity contribution < 1.29 is 41.8 Å². The molecule has 2 aromatic carbocycles. The van der Waals surface area contributed by atoms with E-state index in [0.29, 0.717) is 23.0 Å². The molecule has 5 rings (SSSR count). The number of anilines is 3. The molecule has 2 aliphatic rings. The lowest BCUT2D eigenvalue weighted by molar-refractivity contribution is -0.154. The summed E-state index contributed by atoms with van der Waals surface area (Å²) in [6.45, 7) is -1.66. The number of ketones is 1. The van der Waals surface area contributed by atoms with Crippen LogP contribution in [-0.4, -0.2) is 71.0 Å². The summed E-state index contributed by atoms with van der Waals surface area (Å²) in [7, 11) is 1.16. The maximum absolute atomic E-state index is 13.0. The first-order chi connectivity index (χ1) is 23.8. The molecule has 4 N–H and O–H groups in total. The van der Waals surface area contributed by atoms with E-state index >= 15 is 0 Å². The van der Waals surface area contributed by atoms with E-state index in [1.54, 1.807) is 12.1 Å². The van der Waals surface area contributed by atoms with Crippen LogP contribution in [0.15, 0.2) is 48.5 Å². The first kappa shape index (κ1) is 36.3. The average molecular weight is 718 g/mol. The van der Waals surface area contributed by atoms with E-state index in [2.05, 4.69) is 36.2 Å².